The van der Waals surface area contributed by atoms with Crippen molar-refractivity contribution in [2.24, 2.45) is 5.92 Å². The zero-order valence-corrected chi connectivity index (χ0v) is 10.1. The van der Waals surface area contributed by atoms with Crippen molar-refractivity contribution in [1.29, 1.82) is 0 Å². The third-order valence-corrected chi connectivity index (χ3v) is 3.34. The van der Waals surface area contributed by atoms with E-state index in [1.807, 2.05) is 11.3 Å². The van der Waals surface area contributed by atoms with Gasteiger partial charge in [-0.05, 0) is 43.3 Å². The van der Waals surface area contributed by atoms with Crippen LogP contribution in [0.2, 0.25) is 0 Å². The van der Waals surface area contributed by atoms with Gasteiger partial charge in [-0.3, -0.25) is 0 Å². The lowest BCUT2D eigenvalue weighted by molar-refractivity contribution is 0.478. The Balaban J connectivity index is 1.99. The second kappa shape index (κ2) is 7.02. The summed E-state index contributed by atoms with van der Waals surface area (Å²) in [5, 5.41) is 5.66. The van der Waals surface area contributed by atoms with Crippen molar-refractivity contribution < 1.29 is 0 Å². The minimum atomic E-state index is 0.823. The summed E-state index contributed by atoms with van der Waals surface area (Å²) in [6.07, 6.45) is 3.82. The van der Waals surface area contributed by atoms with Gasteiger partial charge in [-0.1, -0.05) is 26.3 Å². The highest BCUT2D eigenvalue weighted by atomic mass is 32.1. The van der Waals surface area contributed by atoms with Gasteiger partial charge in [0, 0.05) is 4.88 Å². The van der Waals surface area contributed by atoms with Crippen LogP contribution in [0.25, 0.3) is 0 Å². The molecule has 1 aromatic heterocycles. The third kappa shape index (κ3) is 4.77. The Bertz CT molecular complexity index is 218. The molecule has 80 valence electrons. The maximum absolute atomic E-state index is 3.51. The van der Waals surface area contributed by atoms with Crippen LogP contribution in [0.3, 0.4) is 0 Å². The molecule has 1 N–H and O–H groups in total. The molecule has 0 spiro atoms. The average Bonchev–Trinajstić information content (AvgIpc) is 2.65. The van der Waals surface area contributed by atoms with Gasteiger partial charge in [0.2, 0.25) is 0 Å². The first kappa shape index (κ1) is 11.7. The Morgan fingerprint density at radius 1 is 1.50 bits per heavy atom. The maximum atomic E-state index is 3.51. The number of thiophene rings is 1. The number of rotatable bonds is 7. The van der Waals surface area contributed by atoms with Gasteiger partial charge >= 0.3 is 0 Å². The molecule has 0 aliphatic heterocycles. The summed E-state index contributed by atoms with van der Waals surface area (Å²) in [5.74, 6) is 0.823. The van der Waals surface area contributed by atoms with E-state index in [0.717, 1.165) is 12.5 Å². The molecule has 0 bridgehead atoms. The van der Waals surface area contributed by atoms with E-state index < -0.39 is 0 Å². The minimum absolute atomic E-state index is 0.823. The fourth-order valence-corrected chi connectivity index (χ4v) is 2.32. The zero-order valence-electron chi connectivity index (χ0n) is 9.25. The molecule has 0 fully saturated rings. The Morgan fingerprint density at radius 2 is 2.36 bits per heavy atom. The van der Waals surface area contributed by atoms with E-state index in [1.165, 1.54) is 30.7 Å². The molecule has 0 aliphatic rings. The van der Waals surface area contributed by atoms with E-state index in [1.54, 1.807) is 0 Å². The molecule has 0 saturated carbocycles. The lowest BCUT2D eigenvalue weighted by Crippen LogP contribution is -2.23. The predicted octanol–water partition coefficient (Wildman–Crippen LogP) is 3.32. The normalized spacial score (nSPS) is 13.0. The molecule has 0 aliphatic carbocycles. The van der Waals surface area contributed by atoms with Crippen molar-refractivity contribution in [3.63, 3.8) is 0 Å². The second-order valence-corrected chi connectivity index (χ2v) is 4.96. The summed E-state index contributed by atoms with van der Waals surface area (Å²) >= 11 is 1.85. The van der Waals surface area contributed by atoms with Crippen molar-refractivity contribution in [3.8, 4) is 0 Å². The average molecular weight is 211 g/mol. The Morgan fingerprint density at radius 3 is 3.00 bits per heavy atom. The molecule has 0 saturated heterocycles. The molecule has 1 unspecified atom stereocenters. The van der Waals surface area contributed by atoms with Crippen LogP contribution >= 0.6 is 11.3 Å². The first-order chi connectivity index (χ1) is 6.83. The molecule has 0 aromatic carbocycles. The number of hydrogen-bond acceptors (Lipinski definition) is 2. The van der Waals surface area contributed by atoms with Crippen molar-refractivity contribution in [3.05, 3.63) is 22.4 Å². The highest BCUT2D eigenvalue weighted by Crippen LogP contribution is 2.08. The van der Waals surface area contributed by atoms with Crippen LogP contribution in [0.4, 0.5) is 0 Å². The molecule has 1 heterocycles. The molecule has 1 rings (SSSR count). The molecule has 1 atom stereocenters. The van der Waals surface area contributed by atoms with Crippen molar-refractivity contribution >= 4 is 11.3 Å². The maximum Gasteiger partial charge on any atom is 0.00578 e. The standard InChI is InChI=1S/C12H21NS/c1-3-5-11(2)10-13-8-7-12-6-4-9-14-12/h4,6,9,11,13H,3,5,7-8,10H2,1-2H3. The van der Waals surface area contributed by atoms with Crippen molar-refractivity contribution in [1.82, 2.24) is 5.32 Å². The van der Waals surface area contributed by atoms with Gasteiger partial charge in [-0.2, -0.15) is 0 Å². The Hall–Kier alpha value is -0.340. The van der Waals surface area contributed by atoms with Crippen molar-refractivity contribution in [2.45, 2.75) is 33.1 Å². The topological polar surface area (TPSA) is 12.0 Å². The van der Waals surface area contributed by atoms with E-state index in [4.69, 9.17) is 0 Å². The van der Waals surface area contributed by atoms with Gasteiger partial charge in [0.05, 0.1) is 0 Å². The predicted molar refractivity (Wildman–Crippen MR) is 65.0 cm³/mol. The van der Waals surface area contributed by atoms with Crippen molar-refractivity contribution in [2.75, 3.05) is 13.1 Å². The fourth-order valence-electron chi connectivity index (χ4n) is 1.61. The van der Waals surface area contributed by atoms with Crippen LogP contribution < -0.4 is 5.32 Å². The summed E-state index contributed by atoms with van der Waals surface area (Å²) in [6.45, 7) is 6.86. The number of hydrogen-bond donors (Lipinski definition) is 1. The Kier molecular flexibility index (Phi) is 5.88. The van der Waals surface area contributed by atoms with E-state index in [2.05, 4.69) is 36.7 Å². The van der Waals surface area contributed by atoms with Crippen LogP contribution in [-0.4, -0.2) is 13.1 Å². The smallest absolute Gasteiger partial charge is 0.00578 e. The largest absolute Gasteiger partial charge is 0.316 e. The van der Waals surface area contributed by atoms with Gasteiger partial charge in [0.25, 0.3) is 0 Å². The molecule has 1 nitrogen and oxygen atoms in total. The van der Waals surface area contributed by atoms with Crippen LogP contribution in [0.1, 0.15) is 31.6 Å². The summed E-state index contributed by atoms with van der Waals surface area (Å²) < 4.78 is 0. The molecule has 0 radical (unpaired) electrons. The van der Waals surface area contributed by atoms with Crippen LogP contribution in [0.15, 0.2) is 17.5 Å². The molecule has 2 heteroatoms. The van der Waals surface area contributed by atoms with Gasteiger partial charge in [-0.25, -0.2) is 0 Å². The number of nitrogens with one attached hydrogen (secondary N) is 1. The van der Waals surface area contributed by atoms with E-state index >= 15 is 0 Å². The van der Waals surface area contributed by atoms with Gasteiger partial charge in [0.15, 0.2) is 0 Å². The summed E-state index contributed by atoms with van der Waals surface area (Å²) in [4.78, 5) is 1.49. The monoisotopic (exact) mass is 211 g/mol. The highest BCUT2D eigenvalue weighted by Gasteiger charge is 1.99. The van der Waals surface area contributed by atoms with Crippen LogP contribution in [0.5, 0.6) is 0 Å². The minimum Gasteiger partial charge on any atom is -0.316 e. The SMILES string of the molecule is CCCC(C)CNCCc1cccs1. The fraction of sp³-hybridized carbons (Fsp3) is 0.667. The Labute approximate surface area is 91.5 Å². The van der Waals surface area contributed by atoms with Crippen LogP contribution in [0, 0.1) is 5.92 Å². The quantitative estimate of drug-likeness (QED) is 0.682. The zero-order chi connectivity index (χ0) is 10.2. The third-order valence-electron chi connectivity index (χ3n) is 2.40. The van der Waals surface area contributed by atoms with Crippen LogP contribution in [-0.2, 0) is 6.42 Å². The lowest BCUT2D eigenvalue weighted by Gasteiger charge is -2.10. The van der Waals surface area contributed by atoms with E-state index in [9.17, 15) is 0 Å². The lowest BCUT2D eigenvalue weighted by atomic mass is 10.1. The van der Waals surface area contributed by atoms with Gasteiger partial charge in [0.1, 0.15) is 0 Å². The summed E-state index contributed by atoms with van der Waals surface area (Å²) in [5.41, 5.74) is 0. The molecule has 0 amide bonds. The van der Waals surface area contributed by atoms with E-state index in [-0.39, 0.29) is 0 Å². The molecular formula is C12H21NS. The summed E-state index contributed by atoms with van der Waals surface area (Å²) in [6, 6.07) is 4.33. The molecular weight excluding hydrogens is 190 g/mol. The first-order valence-corrected chi connectivity index (χ1v) is 6.44. The molecule has 14 heavy (non-hydrogen) atoms. The van der Waals surface area contributed by atoms with Gasteiger partial charge < -0.3 is 5.32 Å². The van der Waals surface area contributed by atoms with E-state index in [0.29, 0.717) is 0 Å². The van der Waals surface area contributed by atoms with Gasteiger partial charge in [-0.15, -0.1) is 11.3 Å². The second-order valence-electron chi connectivity index (χ2n) is 3.93. The first-order valence-electron chi connectivity index (χ1n) is 5.56. The highest BCUT2D eigenvalue weighted by molar-refractivity contribution is 7.09. The summed E-state index contributed by atoms with van der Waals surface area (Å²) in [7, 11) is 0. The molecule has 1 aromatic rings.